The molecule has 3 heterocycles. The maximum Gasteiger partial charge on any atom is 0.208 e. The van der Waals surface area contributed by atoms with Crippen molar-refractivity contribution in [2.24, 2.45) is 5.92 Å². The molecule has 0 spiro atoms. The minimum atomic E-state index is 0.850. The number of anilines is 1. The van der Waals surface area contributed by atoms with E-state index < -0.39 is 0 Å². The van der Waals surface area contributed by atoms with Crippen LogP contribution in [-0.4, -0.2) is 27.6 Å². The predicted molar refractivity (Wildman–Crippen MR) is 71.7 cm³/mol. The maximum absolute atomic E-state index is 4.72. The van der Waals surface area contributed by atoms with Gasteiger partial charge in [0.25, 0.3) is 0 Å². The van der Waals surface area contributed by atoms with Gasteiger partial charge in [-0.2, -0.15) is 4.98 Å². The molecule has 1 aliphatic carbocycles. The van der Waals surface area contributed by atoms with Crippen LogP contribution in [0.5, 0.6) is 0 Å². The Labute approximate surface area is 107 Å². The average molecular weight is 242 g/mol. The summed E-state index contributed by atoms with van der Waals surface area (Å²) in [5.41, 5.74) is 2.10. The number of aromatic nitrogens is 3. The van der Waals surface area contributed by atoms with Crippen LogP contribution in [0.15, 0.2) is 18.3 Å². The zero-order valence-electron chi connectivity index (χ0n) is 10.5. The first-order valence-electron chi connectivity index (χ1n) is 6.98. The van der Waals surface area contributed by atoms with Gasteiger partial charge >= 0.3 is 0 Å². The van der Waals surface area contributed by atoms with E-state index in [1.54, 1.807) is 0 Å². The molecule has 18 heavy (non-hydrogen) atoms. The second-order valence-electron chi connectivity index (χ2n) is 5.51. The molecule has 1 aliphatic heterocycles. The summed E-state index contributed by atoms with van der Waals surface area (Å²) < 4.78 is 2.39. The van der Waals surface area contributed by atoms with Crippen LogP contribution < -0.4 is 4.90 Å². The summed E-state index contributed by atoms with van der Waals surface area (Å²) in [5, 5.41) is 0. The second kappa shape index (κ2) is 3.97. The summed E-state index contributed by atoms with van der Waals surface area (Å²) >= 11 is 0. The largest absolute Gasteiger partial charge is 0.342 e. The van der Waals surface area contributed by atoms with Crippen molar-refractivity contribution in [1.82, 2.24) is 14.5 Å². The molecule has 0 atom stereocenters. The number of rotatable bonds is 3. The average Bonchev–Trinajstić information content (AvgIpc) is 2.60. The lowest BCUT2D eigenvalue weighted by atomic mass is 9.85. The van der Waals surface area contributed by atoms with Crippen LogP contribution in [0, 0.1) is 5.92 Å². The van der Waals surface area contributed by atoms with Crippen molar-refractivity contribution in [2.45, 2.75) is 32.2 Å². The highest BCUT2D eigenvalue weighted by atomic mass is 15.3. The lowest BCUT2D eigenvalue weighted by Gasteiger charge is -2.34. The van der Waals surface area contributed by atoms with Crippen LogP contribution in [0.1, 0.15) is 25.7 Å². The highest BCUT2D eigenvalue weighted by Gasteiger charge is 2.25. The molecular formula is C14H18N4. The Balaban J connectivity index is 1.78. The molecule has 0 N–H and O–H groups in total. The number of imidazole rings is 1. The van der Waals surface area contributed by atoms with Gasteiger partial charge in [-0.1, -0.05) is 6.42 Å². The van der Waals surface area contributed by atoms with Gasteiger partial charge < -0.3 is 9.47 Å². The lowest BCUT2D eigenvalue weighted by Crippen LogP contribution is -2.39. The van der Waals surface area contributed by atoms with Gasteiger partial charge in [0.2, 0.25) is 5.95 Å². The van der Waals surface area contributed by atoms with E-state index in [4.69, 9.17) is 4.98 Å². The molecule has 4 heteroatoms. The Morgan fingerprint density at radius 1 is 1.22 bits per heavy atom. The van der Waals surface area contributed by atoms with E-state index in [9.17, 15) is 0 Å². The smallest absolute Gasteiger partial charge is 0.208 e. The first kappa shape index (κ1) is 10.4. The zero-order valence-corrected chi connectivity index (χ0v) is 10.5. The molecule has 0 unspecified atom stereocenters. The molecule has 94 valence electrons. The number of fused-ring (bicyclic) bond motifs is 1. The molecular weight excluding hydrogens is 224 g/mol. The summed E-state index contributed by atoms with van der Waals surface area (Å²) in [5.74, 6) is 1.99. The fraction of sp³-hybridized carbons (Fsp3) is 0.571. The third kappa shape index (κ3) is 1.51. The van der Waals surface area contributed by atoms with E-state index in [-0.39, 0.29) is 0 Å². The van der Waals surface area contributed by atoms with Crippen LogP contribution in [0.25, 0.3) is 11.2 Å². The Hall–Kier alpha value is -1.58. The summed E-state index contributed by atoms with van der Waals surface area (Å²) in [4.78, 5) is 11.5. The van der Waals surface area contributed by atoms with Gasteiger partial charge in [0.1, 0.15) is 0 Å². The summed E-state index contributed by atoms with van der Waals surface area (Å²) in [6, 6.07) is 4.17. The monoisotopic (exact) mass is 242 g/mol. The minimum Gasteiger partial charge on any atom is -0.342 e. The van der Waals surface area contributed by atoms with Crippen LogP contribution in [0.2, 0.25) is 0 Å². The van der Waals surface area contributed by atoms with Crippen LogP contribution in [0.3, 0.4) is 0 Å². The number of hydrogen-bond acceptors (Lipinski definition) is 3. The van der Waals surface area contributed by atoms with Gasteiger partial charge in [0, 0.05) is 25.8 Å². The van der Waals surface area contributed by atoms with Crippen LogP contribution in [0.4, 0.5) is 5.95 Å². The fourth-order valence-corrected chi connectivity index (χ4v) is 2.82. The quantitative estimate of drug-likeness (QED) is 0.829. The van der Waals surface area contributed by atoms with E-state index in [1.807, 2.05) is 12.3 Å². The predicted octanol–water partition coefficient (Wildman–Crippen LogP) is 2.44. The first-order chi connectivity index (χ1) is 8.92. The molecule has 2 aliphatic rings. The molecule has 1 saturated heterocycles. The van der Waals surface area contributed by atoms with E-state index in [1.165, 1.54) is 31.2 Å². The summed E-state index contributed by atoms with van der Waals surface area (Å²) in [6.07, 6.45) is 7.27. The third-order valence-electron chi connectivity index (χ3n) is 4.31. The summed E-state index contributed by atoms with van der Waals surface area (Å²) in [6.45, 7) is 3.41. The fourth-order valence-electron chi connectivity index (χ4n) is 2.82. The standard InChI is InChI=1S/C14H18N4/c1-4-11(5-1)10-18-12-6-2-7-15-13(12)16-14(18)17-8-3-9-17/h2,6-7,11H,1,3-5,8-10H2. The van der Waals surface area contributed by atoms with Gasteiger partial charge in [-0.15, -0.1) is 0 Å². The first-order valence-corrected chi connectivity index (χ1v) is 6.98. The van der Waals surface area contributed by atoms with Crippen LogP contribution >= 0.6 is 0 Å². The SMILES string of the molecule is c1cnc2nc(N3CCC3)n(CC3CCC3)c2c1. The molecule has 2 fully saturated rings. The van der Waals surface area contributed by atoms with Crippen molar-refractivity contribution in [3.63, 3.8) is 0 Å². The highest BCUT2D eigenvalue weighted by molar-refractivity contribution is 5.74. The molecule has 0 aromatic carbocycles. The van der Waals surface area contributed by atoms with E-state index in [2.05, 4.69) is 20.5 Å². The summed E-state index contributed by atoms with van der Waals surface area (Å²) in [7, 11) is 0. The van der Waals surface area contributed by atoms with Gasteiger partial charge in [-0.05, 0) is 37.3 Å². The van der Waals surface area contributed by atoms with Crippen molar-refractivity contribution >= 4 is 17.1 Å². The number of pyridine rings is 1. The maximum atomic E-state index is 4.72. The zero-order chi connectivity index (χ0) is 11.9. The third-order valence-corrected chi connectivity index (χ3v) is 4.31. The van der Waals surface area contributed by atoms with Crippen molar-refractivity contribution in [2.75, 3.05) is 18.0 Å². The van der Waals surface area contributed by atoms with Crippen LogP contribution in [-0.2, 0) is 6.54 Å². The Morgan fingerprint density at radius 3 is 2.78 bits per heavy atom. The van der Waals surface area contributed by atoms with Gasteiger partial charge in [-0.3, -0.25) is 0 Å². The Kier molecular flexibility index (Phi) is 2.28. The normalized spacial score (nSPS) is 19.9. The van der Waals surface area contributed by atoms with Crippen molar-refractivity contribution < 1.29 is 0 Å². The number of hydrogen-bond donors (Lipinski definition) is 0. The van der Waals surface area contributed by atoms with E-state index in [0.29, 0.717) is 0 Å². The van der Waals surface area contributed by atoms with E-state index >= 15 is 0 Å². The lowest BCUT2D eigenvalue weighted by molar-refractivity contribution is 0.279. The topological polar surface area (TPSA) is 34.0 Å². The molecule has 2 aromatic rings. The second-order valence-corrected chi connectivity index (χ2v) is 5.51. The van der Waals surface area contributed by atoms with Crippen molar-refractivity contribution in [3.05, 3.63) is 18.3 Å². The highest BCUT2D eigenvalue weighted by Crippen LogP contribution is 2.32. The molecule has 1 saturated carbocycles. The molecule has 0 amide bonds. The molecule has 4 nitrogen and oxygen atoms in total. The minimum absolute atomic E-state index is 0.850. The molecule has 0 bridgehead atoms. The van der Waals surface area contributed by atoms with E-state index in [0.717, 1.165) is 37.1 Å². The Bertz CT molecular complexity index is 566. The molecule has 4 rings (SSSR count). The van der Waals surface area contributed by atoms with Gasteiger partial charge in [0.15, 0.2) is 5.65 Å². The Morgan fingerprint density at radius 2 is 2.11 bits per heavy atom. The van der Waals surface area contributed by atoms with Gasteiger partial charge in [0.05, 0.1) is 5.52 Å². The van der Waals surface area contributed by atoms with Crippen molar-refractivity contribution in [1.29, 1.82) is 0 Å². The van der Waals surface area contributed by atoms with Gasteiger partial charge in [-0.25, -0.2) is 4.98 Å². The molecule has 0 radical (unpaired) electrons. The molecule has 2 aromatic heterocycles. The number of nitrogens with zero attached hydrogens (tertiary/aromatic N) is 4. The van der Waals surface area contributed by atoms with Crippen molar-refractivity contribution in [3.8, 4) is 0 Å².